The SMILES string of the molecule is COc1cc2c(cc1OCCCCCC(=O)N1CC(CCCl)c3c1cc(OCc1ccc(NC(=O)CCCCCN4C(=O)C=CC4=O)cc1)c1ccccc31)N=CC1CCCN1C2=O. The highest BCUT2D eigenvalue weighted by molar-refractivity contribution is 6.18. The molecule has 0 aliphatic carbocycles. The van der Waals surface area contributed by atoms with Gasteiger partial charge >= 0.3 is 0 Å². The Kier molecular flexibility index (Phi) is 14.2. The maximum Gasteiger partial charge on any atom is 0.256 e. The molecule has 1 N–H and O–H groups in total. The van der Waals surface area contributed by atoms with Crippen molar-refractivity contribution < 1.29 is 38.2 Å². The summed E-state index contributed by atoms with van der Waals surface area (Å²) in [4.78, 5) is 72.9. The van der Waals surface area contributed by atoms with Gasteiger partial charge in [0.15, 0.2) is 11.5 Å². The number of carbonyl (C=O) groups is 5. The molecule has 0 radical (unpaired) electrons. The molecule has 0 spiro atoms. The monoisotopic (exact) mass is 887 g/mol. The van der Waals surface area contributed by atoms with E-state index in [2.05, 4.69) is 16.4 Å². The maximum atomic E-state index is 14.0. The lowest BCUT2D eigenvalue weighted by molar-refractivity contribution is -0.137. The van der Waals surface area contributed by atoms with Crippen LogP contribution in [-0.4, -0.2) is 90.8 Å². The predicted octanol–water partition coefficient (Wildman–Crippen LogP) is 8.87. The fourth-order valence-corrected chi connectivity index (χ4v) is 9.34. The molecule has 5 amide bonds. The molecule has 334 valence electrons. The molecule has 1 fully saturated rings. The van der Waals surface area contributed by atoms with Crippen LogP contribution in [0.5, 0.6) is 17.2 Å². The van der Waals surface area contributed by atoms with E-state index in [0.29, 0.717) is 91.9 Å². The quantitative estimate of drug-likeness (QED) is 0.0526. The molecule has 0 aromatic heterocycles. The number of fused-ring (bicyclic) bond motifs is 5. The van der Waals surface area contributed by atoms with Gasteiger partial charge in [0.1, 0.15) is 12.4 Å². The minimum Gasteiger partial charge on any atom is -0.493 e. The van der Waals surface area contributed by atoms with Crippen molar-refractivity contribution in [2.75, 3.05) is 49.4 Å². The van der Waals surface area contributed by atoms with Gasteiger partial charge < -0.3 is 29.3 Å². The molecule has 13 nitrogen and oxygen atoms in total. The summed E-state index contributed by atoms with van der Waals surface area (Å²) in [6.45, 7) is 2.36. The second kappa shape index (κ2) is 20.5. The van der Waals surface area contributed by atoms with E-state index in [1.165, 1.54) is 17.1 Å². The van der Waals surface area contributed by atoms with Crippen molar-refractivity contribution in [1.82, 2.24) is 9.80 Å². The number of benzene rings is 4. The zero-order valence-corrected chi connectivity index (χ0v) is 36.9. The van der Waals surface area contributed by atoms with Crippen molar-refractivity contribution in [2.24, 2.45) is 4.99 Å². The average molecular weight is 888 g/mol. The predicted molar refractivity (Wildman–Crippen MR) is 247 cm³/mol. The molecule has 4 aliphatic heterocycles. The van der Waals surface area contributed by atoms with Crippen LogP contribution in [0.3, 0.4) is 0 Å². The van der Waals surface area contributed by atoms with Crippen LogP contribution in [0.1, 0.15) is 98.0 Å². The summed E-state index contributed by atoms with van der Waals surface area (Å²) in [5.74, 6) is 1.67. The van der Waals surface area contributed by atoms with Crippen LogP contribution in [0.4, 0.5) is 17.1 Å². The van der Waals surface area contributed by atoms with Gasteiger partial charge in [0.05, 0.1) is 36.7 Å². The molecule has 64 heavy (non-hydrogen) atoms. The molecule has 14 heteroatoms. The van der Waals surface area contributed by atoms with E-state index in [1.807, 2.05) is 64.5 Å². The highest BCUT2D eigenvalue weighted by Gasteiger charge is 2.35. The standard InChI is InChI=1S/C50H54ClN5O8/c1-62-43-27-39-40(52-30-36-11-10-25-54(36)50(39)61)28-44(43)63-26-9-3-5-15-46(58)56-31-34(22-23-51)49-38-13-7-6-12-37(38)42(29-41(49)56)64-32-33-16-18-35(19-17-33)53-45(57)14-4-2-8-24-55-47(59)20-21-48(55)60/h6-7,12-13,16-21,27-30,34,36H,2-5,8-11,14-15,22-26,31-32H2,1H3,(H,53,57). The summed E-state index contributed by atoms with van der Waals surface area (Å²) < 4.78 is 18.2. The normalized spacial score (nSPS) is 17.5. The number of nitrogens with one attached hydrogen (secondary N) is 1. The molecule has 4 aliphatic rings. The fourth-order valence-electron chi connectivity index (χ4n) is 9.08. The smallest absolute Gasteiger partial charge is 0.256 e. The fraction of sp³-hybridized carbons (Fsp3) is 0.400. The Balaban J connectivity index is 0.840. The lowest BCUT2D eigenvalue weighted by Crippen LogP contribution is -2.35. The lowest BCUT2D eigenvalue weighted by Gasteiger charge is -2.20. The van der Waals surface area contributed by atoms with Gasteiger partial charge in [0.25, 0.3) is 17.7 Å². The Morgan fingerprint density at radius 1 is 0.844 bits per heavy atom. The van der Waals surface area contributed by atoms with E-state index in [4.69, 9.17) is 25.8 Å². The Morgan fingerprint density at radius 3 is 2.39 bits per heavy atom. The van der Waals surface area contributed by atoms with Gasteiger partial charge in [-0.1, -0.05) is 42.8 Å². The van der Waals surface area contributed by atoms with Crippen LogP contribution < -0.4 is 24.4 Å². The maximum absolute atomic E-state index is 14.0. The number of nitrogens with zero attached hydrogens (tertiary/aromatic N) is 4. The molecule has 4 aromatic rings. The first-order valence-electron chi connectivity index (χ1n) is 22.4. The molecule has 2 atom stereocenters. The number of methoxy groups -OCH3 is 1. The van der Waals surface area contributed by atoms with Gasteiger partial charge in [-0.3, -0.25) is 33.9 Å². The highest BCUT2D eigenvalue weighted by Crippen LogP contribution is 2.47. The van der Waals surface area contributed by atoms with Crippen molar-refractivity contribution in [3.63, 3.8) is 0 Å². The van der Waals surface area contributed by atoms with Crippen LogP contribution in [0.15, 0.2) is 83.9 Å². The number of carbonyl (C=O) groups excluding carboxylic acids is 5. The first-order chi connectivity index (χ1) is 31.2. The molecule has 0 bridgehead atoms. The molecule has 0 saturated carbocycles. The zero-order valence-electron chi connectivity index (χ0n) is 36.2. The second-order valence-electron chi connectivity index (χ2n) is 16.7. The molecule has 4 heterocycles. The van der Waals surface area contributed by atoms with Gasteiger partial charge in [0.2, 0.25) is 11.8 Å². The number of anilines is 2. The van der Waals surface area contributed by atoms with E-state index < -0.39 is 0 Å². The number of hydrogen-bond acceptors (Lipinski definition) is 9. The van der Waals surface area contributed by atoms with E-state index >= 15 is 0 Å². The van der Waals surface area contributed by atoms with Crippen molar-refractivity contribution in [2.45, 2.75) is 89.2 Å². The number of alkyl halides is 1. The van der Waals surface area contributed by atoms with Gasteiger partial charge in [-0.05, 0) is 86.1 Å². The molecule has 1 saturated heterocycles. The highest BCUT2D eigenvalue weighted by atomic mass is 35.5. The molecular weight excluding hydrogens is 834 g/mol. The summed E-state index contributed by atoms with van der Waals surface area (Å²) in [7, 11) is 1.57. The number of aliphatic imine (C=N–C) groups is 1. The summed E-state index contributed by atoms with van der Waals surface area (Å²) in [6.07, 6.45) is 12.0. The molecule has 8 rings (SSSR count). The van der Waals surface area contributed by atoms with Crippen LogP contribution >= 0.6 is 11.6 Å². The number of unbranched alkanes of at least 4 members (excludes halogenated alkanes) is 4. The van der Waals surface area contributed by atoms with Gasteiger partial charge in [-0.25, -0.2) is 0 Å². The van der Waals surface area contributed by atoms with Gasteiger partial charge in [0, 0.05) is 85.8 Å². The largest absolute Gasteiger partial charge is 0.493 e. The Labute approximate surface area is 378 Å². The Hall–Kier alpha value is -6.21. The summed E-state index contributed by atoms with van der Waals surface area (Å²) in [6, 6.07) is 21.2. The Bertz CT molecular complexity index is 2450. The topological polar surface area (TPSA) is 147 Å². The summed E-state index contributed by atoms with van der Waals surface area (Å²) >= 11 is 6.32. The number of amides is 5. The third-order valence-corrected chi connectivity index (χ3v) is 12.7. The molecular formula is C50H54ClN5O8. The number of halogens is 1. The van der Waals surface area contributed by atoms with Crippen LogP contribution in [-0.2, 0) is 25.8 Å². The molecule has 4 aromatic carbocycles. The summed E-state index contributed by atoms with van der Waals surface area (Å²) in [5.41, 5.74) is 4.70. The minimum atomic E-state index is -0.285. The van der Waals surface area contributed by atoms with Crippen molar-refractivity contribution in [3.05, 3.63) is 95.6 Å². The van der Waals surface area contributed by atoms with Crippen molar-refractivity contribution in [3.8, 4) is 17.2 Å². The molecule has 2 unspecified atom stereocenters. The number of hydrogen-bond donors (Lipinski definition) is 1. The number of rotatable bonds is 20. The van der Waals surface area contributed by atoms with Crippen molar-refractivity contribution >= 4 is 75.2 Å². The summed E-state index contributed by atoms with van der Waals surface area (Å²) in [5, 5.41) is 4.96. The average Bonchev–Trinajstić information content (AvgIpc) is 4.00. The minimum absolute atomic E-state index is 0.0243. The first kappa shape index (κ1) is 44.4. The van der Waals surface area contributed by atoms with Crippen LogP contribution in [0, 0.1) is 0 Å². The van der Waals surface area contributed by atoms with E-state index in [9.17, 15) is 24.0 Å². The van der Waals surface area contributed by atoms with Crippen LogP contribution in [0.25, 0.3) is 10.8 Å². The van der Waals surface area contributed by atoms with Gasteiger partial charge in [-0.15, -0.1) is 11.6 Å². The zero-order chi connectivity index (χ0) is 44.6. The van der Waals surface area contributed by atoms with Crippen molar-refractivity contribution in [1.29, 1.82) is 0 Å². The first-order valence-corrected chi connectivity index (χ1v) is 22.9. The third kappa shape index (κ3) is 9.94. The number of imide groups is 1. The number of ether oxygens (including phenoxy) is 3. The second-order valence-corrected chi connectivity index (χ2v) is 17.1. The van der Waals surface area contributed by atoms with Crippen LogP contribution in [0.2, 0.25) is 0 Å². The lowest BCUT2D eigenvalue weighted by atomic mass is 9.92. The van der Waals surface area contributed by atoms with E-state index in [1.54, 1.807) is 19.2 Å². The Morgan fingerprint density at radius 2 is 1.61 bits per heavy atom. The third-order valence-electron chi connectivity index (χ3n) is 12.5. The van der Waals surface area contributed by atoms with E-state index in [-0.39, 0.29) is 48.1 Å². The van der Waals surface area contributed by atoms with E-state index in [0.717, 1.165) is 72.7 Å². The van der Waals surface area contributed by atoms with Gasteiger partial charge in [-0.2, -0.15) is 0 Å².